The molecule has 2 heterocycles. The number of aromatic nitrogens is 1. The van der Waals surface area contributed by atoms with Gasteiger partial charge in [0.25, 0.3) is 0 Å². The third kappa shape index (κ3) is 2.96. The first-order valence-corrected chi connectivity index (χ1v) is 8.41. The van der Waals surface area contributed by atoms with E-state index in [0.29, 0.717) is 0 Å². The van der Waals surface area contributed by atoms with Gasteiger partial charge in [0.1, 0.15) is 22.3 Å². The first-order valence-electron chi connectivity index (χ1n) is 7.60. The molecular weight excluding hydrogens is 318 g/mol. The maximum Gasteiger partial charge on any atom is 0.134 e. The molecule has 118 valence electrons. The fourth-order valence-corrected chi connectivity index (χ4v) is 3.34. The predicted molar refractivity (Wildman–Crippen MR) is 99.2 cm³/mol. The lowest BCUT2D eigenvalue weighted by Crippen LogP contribution is -1.81. The van der Waals surface area contributed by atoms with E-state index in [9.17, 15) is 0 Å². The highest BCUT2D eigenvalue weighted by Crippen LogP contribution is 2.26. The standard InChI is InChI=1S/C20H15NO2S/c1-22-15-8-6-14(7-9-15)18-12-10-16(23-18)11-13-20-21-17-4-2-3-5-19(17)24-20/h2-13H,1H3/b13-11+. The molecule has 2 aromatic heterocycles. The fraction of sp³-hybridized carbons (Fsp3) is 0.0500. The third-order valence-electron chi connectivity index (χ3n) is 3.70. The SMILES string of the molecule is COc1ccc(-c2ccc(/C=C/c3nc4ccccc4s3)o2)cc1. The number of ether oxygens (including phenoxy) is 1. The summed E-state index contributed by atoms with van der Waals surface area (Å²) in [7, 11) is 1.66. The molecule has 0 atom stereocenters. The van der Waals surface area contributed by atoms with Crippen LogP contribution in [0.15, 0.2) is 65.1 Å². The van der Waals surface area contributed by atoms with Crippen molar-refractivity contribution in [1.82, 2.24) is 4.98 Å². The smallest absolute Gasteiger partial charge is 0.134 e. The number of thiazole rings is 1. The summed E-state index contributed by atoms with van der Waals surface area (Å²) in [5, 5.41) is 0.971. The molecule has 24 heavy (non-hydrogen) atoms. The minimum Gasteiger partial charge on any atom is -0.497 e. The van der Waals surface area contributed by atoms with E-state index < -0.39 is 0 Å². The van der Waals surface area contributed by atoms with Gasteiger partial charge < -0.3 is 9.15 Å². The molecular formula is C20H15NO2S. The first kappa shape index (κ1) is 14.7. The van der Waals surface area contributed by atoms with Crippen LogP contribution in [-0.2, 0) is 0 Å². The van der Waals surface area contributed by atoms with Crippen molar-refractivity contribution in [1.29, 1.82) is 0 Å². The van der Waals surface area contributed by atoms with E-state index in [4.69, 9.17) is 9.15 Å². The van der Waals surface area contributed by atoms with Gasteiger partial charge in [-0.15, -0.1) is 11.3 Å². The second-order valence-electron chi connectivity index (χ2n) is 5.28. The molecule has 0 amide bonds. The molecule has 4 rings (SSSR count). The third-order valence-corrected chi connectivity index (χ3v) is 4.70. The average Bonchev–Trinajstić information content (AvgIpc) is 3.26. The molecule has 0 aliphatic heterocycles. The lowest BCUT2D eigenvalue weighted by molar-refractivity contribution is 0.415. The van der Waals surface area contributed by atoms with Crippen molar-refractivity contribution in [3.63, 3.8) is 0 Å². The van der Waals surface area contributed by atoms with Crippen molar-refractivity contribution >= 4 is 33.7 Å². The maximum atomic E-state index is 5.89. The van der Waals surface area contributed by atoms with Gasteiger partial charge in [-0.25, -0.2) is 4.98 Å². The zero-order chi connectivity index (χ0) is 16.4. The minimum absolute atomic E-state index is 0.806. The maximum absolute atomic E-state index is 5.89. The highest BCUT2D eigenvalue weighted by molar-refractivity contribution is 7.19. The summed E-state index contributed by atoms with van der Waals surface area (Å²) in [5.41, 5.74) is 2.05. The molecule has 4 aromatic rings. The van der Waals surface area contributed by atoms with Crippen molar-refractivity contribution in [3.05, 3.63) is 71.4 Å². The zero-order valence-corrected chi connectivity index (χ0v) is 13.9. The highest BCUT2D eigenvalue weighted by Gasteiger charge is 2.04. The predicted octanol–water partition coefficient (Wildman–Crippen LogP) is 5.74. The van der Waals surface area contributed by atoms with Crippen LogP contribution in [0.2, 0.25) is 0 Å². The van der Waals surface area contributed by atoms with Crippen LogP contribution in [0.3, 0.4) is 0 Å². The van der Waals surface area contributed by atoms with E-state index in [1.165, 1.54) is 4.70 Å². The van der Waals surface area contributed by atoms with Gasteiger partial charge in [-0.3, -0.25) is 0 Å². The monoisotopic (exact) mass is 333 g/mol. The number of hydrogen-bond donors (Lipinski definition) is 0. The first-order chi connectivity index (χ1) is 11.8. The second-order valence-corrected chi connectivity index (χ2v) is 6.35. The molecule has 0 saturated heterocycles. The van der Waals surface area contributed by atoms with Gasteiger partial charge in [0.05, 0.1) is 17.3 Å². The van der Waals surface area contributed by atoms with E-state index in [2.05, 4.69) is 11.1 Å². The number of nitrogens with zero attached hydrogens (tertiary/aromatic N) is 1. The summed E-state index contributed by atoms with van der Waals surface area (Å²) >= 11 is 1.67. The van der Waals surface area contributed by atoms with Crippen molar-refractivity contribution in [2.24, 2.45) is 0 Å². The lowest BCUT2D eigenvalue weighted by atomic mass is 10.2. The van der Waals surface area contributed by atoms with Crippen LogP contribution in [-0.4, -0.2) is 12.1 Å². The topological polar surface area (TPSA) is 35.3 Å². The van der Waals surface area contributed by atoms with E-state index in [1.807, 2.05) is 66.7 Å². The Labute approximate surface area is 143 Å². The Kier molecular flexibility index (Phi) is 3.89. The molecule has 0 radical (unpaired) electrons. The number of benzene rings is 2. The van der Waals surface area contributed by atoms with E-state index in [1.54, 1.807) is 18.4 Å². The van der Waals surface area contributed by atoms with Crippen LogP contribution in [0.1, 0.15) is 10.8 Å². The summed E-state index contributed by atoms with van der Waals surface area (Å²) in [6, 6.07) is 19.9. The quantitative estimate of drug-likeness (QED) is 0.478. The normalized spacial score (nSPS) is 11.4. The van der Waals surface area contributed by atoms with Gasteiger partial charge in [-0.05, 0) is 60.7 Å². The Balaban J connectivity index is 1.55. The van der Waals surface area contributed by atoms with Crippen LogP contribution < -0.4 is 4.74 Å². The van der Waals surface area contributed by atoms with Crippen molar-refractivity contribution < 1.29 is 9.15 Å². The number of rotatable bonds is 4. The van der Waals surface area contributed by atoms with E-state index in [0.717, 1.165) is 33.4 Å². The second kappa shape index (κ2) is 6.34. The van der Waals surface area contributed by atoms with Gasteiger partial charge >= 0.3 is 0 Å². The highest BCUT2D eigenvalue weighted by atomic mass is 32.1. The Morgan fingerprint density at radius 1 is 0.958 bits per heavy atom. The Hall–Kier alpha value is -2.85. The fourth-order valence-electron chi connectivity index (χ4n) is 2.47. The molecule has 0 fully saturated rings. The van der Waals surface area contributed by atoms with Gasteiger partial charge in [-0.2, -0.15) is 0 Å². The Morgan fingerprint density at radius 3 is 2.58 bits per heavy atom. The Morgan fingerprint density at radius 2 is 1.79 bits per heavy atom. The average molecular weight is 333 g/mol. The summed E-state index contributed by atoms with van der Waals surface area (Å²) < 4.78 is 12.3. The van der Waals surface area contributed by atoms with Gasteiger partial charge in [0.2, 0.25) is 0 Å². The van der Waals surface area contributed by atoms with Crippen molar-refractivity contribution in [2.45, 2.75) is 0 Å². The van der Waals surface area contributed by atoms with Crippen molar-refractivity contribution in [3.8, 4) is 17.1 Å². The lowest BCUT2D eigenvalue weighted by Gasteiger charge is -2.00. The number of hydrogen-bond acceptors (Lipinski definition) is 4. The summed E-state index contributed by atoms with van der Waals surface area (Å²) in [6.45, 7) is 0. The number of fused-ring (bicyclic) bond motifs is 1. The summed E-state index contributed by atoms with van der Waals surface area (Å²) in [6.07, 6.45) is 3.94. The van der Waals surface area contributed by atoms with E-state index in [-0.39, 0.29) is 0 Å². The molecule has 0 unspecified atom stereocenters. The molecule has 2 aromatic carbocycles. The van der Waals surface area contributed by atoms with E-state index >= 15 is 0 Å². The molecule has 0 aliphatic rings. The molecule has 3 nitrogen and oxygen atoms in total. The Bertz CT molecular complexity index is 963. The number of methoxy groups -OCH3 is 1. The molecule has 0 spiro atoms. The molecule has 0 saturated carbocycles. The van der Waals surface area contributed by atoms with Gasteiger partial charge in [0, 0.05) is 5.56 Å². The van der Waals surface area contributed by atoms with Crippen LogP contribution in [0.4, 0.5) is 0 Å². The molecule has 0 N–H and O–H groups in total. The van der Waals surface area contributed by atoms with Crippen LogP contribution in [0.25, 0.3) is 33.7 Å². The number of furan rings is 1. The van der Waals surface area contributed by atoms with Crippen LogP contribution >= 0.6 is 11.3 Å². The largest absolute Gasteiger partial charge is 0.497 e. The van der Waals surface area contributed by atoms with Crippen LogP contribution in [0, 0.1) is 0 Å². The minimum atomic E-state index is 0.806. The van der Waals surface area contributed by atoms with Gasteiger partial charge in [0.15, 0.2) is 0 Å². The zero-order valence-electron chi connectivity index (χ0n) is 13.1. The van der Waals surface area contributed by atoms with Gasteiger partial charge in [-0.1, -0.05) is 12.1 Å². The van der Waals surface area contributed by atoms with Crippen LogP contribution in [0.5, 0.6) is 5.75 Å². The molecule has 0 bridgehead atoms. The molecule has 0 aliphatic carbocycles. The summed E-state index contributed by atoms with van der Waals surface area (Å²) in [5.74, 6) is 2.47. The molecule has 4 heteroatoms. The summed E-state index contributed by atoms with van der Waals surface area (Å²) in [4.78, 5) is 4.59. The van der Waals surface area contributed by atoms with Crippen molar-refractivity contribution in [2.75, 3.05) is 7.11 Å². The number of para-hydroxylation sites is 1.